The number of thiophene rings is 1. The van der Waals surface area contributed by atoms with Gasteiger partial charge >= 0.3 is 0 Å². The van der Waals surface area contributed by atoms with Crippen molar-refractivity contribution in [2.24, 2.45) is 5.92 Å². The molecule has 0 fully saturated rings. The zero-order valence-electron chi connectivity index (χ0n) is 12.4. The lowest BCUT2D eigenvalue weighted by Gasteiger charge is -2.19. The van der Waals surface area contributed by atoms with Gasteiger partial charge in [-0.1, -0.05) is 41.9 Å². The van der Waals surface area contributed by atoms with Crippen LogP contribution < -0.4 is 5.32 Å². The van der Waals surface area contributed by atoms with Crippen molar-refractivity contribution in [1.82, 2.24) is 5.32 Å². The van der Waals surface area contributed by atoms with E-state index in [2.05, 4.69) is 86.7 Å². The monoisotopic (exact) mass is 429 g/mol. The van der Waals surface area contributed by atoms with E-state index in [1.54, 1.807) is 0 Å². The summed E-state index contributed by atoms with van der Waals surface area (Å²) in [6, 6.07) is 10.9. The fraction of sp³-hybridized carbons (Fsp3) is 0.412. The van der Waals surface area contributed by atoms with Gasteiger partial charge < -0.3 is 5.32 Å². The van der Waals surface area contributed by atoms with Gasteiger partial charge in [-0.3, -0.25) is 0 Å². The van der Waals surface area contributed by atoms with Crippen LogP contribution >= 0.6 is 43.2 Å². The van der Waals surface area contributed by atoms with Gasteiger partial charge in [-0.25, -0.2) is 0 Å². The third-order valence-corrected chi connectivity index (χ3v) is 5.55. The van der Waals surface area contributed by atoms with Gasteiger partial charge in [0.25, 0.3) is 0 Å². The normalized spacial score (nSPS) is 12.8. The average molecular weight is 431 g/mol. The first-order chi connectivity index (χ1) is 10.0. The van der Waals surface area contributed by atoms with Gasteiger partial charge in [-0.15, -0.1) is 11.3 Å². The Morgan fingerprint density at radius 3 is 2.52 bits per heavy atom. The summed E-state index contributed by atoms with van der Waals surface area (Å²) < 4.78 is 2.34. The third kappa shape index (κ3) is 5.85. The molecule has 0 aliphatic heterocycles. The molecule has 1 unspecified atom stereocenters. The number of hydrogen-bond donors (Lipinski definition) is 1. The third-order valence-electron chi connectivity index (χ3n) is 3.33. The molecule has 1 aromatic heterocycles. The van der Waals surface area contributed by atoms with E-state index >= 15 is 0 Å². The number of halogens is 2. The van der Waals surface area contributed by atoms with E-state index in [0.717, 1.165) is 24.0 Å². The summed E-state index contributed by atoms with van der Waals surface area (Å²) >= 11 is 8.97. The maximum atomic E-state index is 3.61. The van der Waals surface area contributed by atoms with E-state index in [9.17, 15) is 0 Å². The van der Waals surface area contributed by atoms with Crippen LogP contribution in [0, 0.1) is 5.92 Å². The molecule has 0 bridgehead atoms. The molecular weight excluding hydrogens is 410 g/mol. The summed E-state index contributed by atoms with van der Waals surface area (Å²) in [5.41, 5.74) is 1.39. The quantitative estimate of drug-likeness (QED) is 0.581. The molecule has 0 aliphatic rings. The molecule has 1 nitrogen and oxygen atoms in total. The van der Waals surface area contributed by atoms with Gasteiger partial charge in [0.15, 0.2) is 0 Å². The summed E-state index contributed by atoms with van der Waals surface area (Å²) in [4.78, 5) is 1.43. The van der Waals surface area contributed by atoms with Gasteiger partial charge in [0.1, 0.15) is 0 Å². The van der Waals surface area contributed by atoms with Crippen LogP contribution in [0.4, 0.5) is 0 Å². The van der Waals surface area contributed by atoms with Crippen LogP contribution in [0.25, 0.3) is 0 Å². The van der Waals surface area contributed by atoms with E-state index < -0.39 is 0 Å². The molecule has 2 rings (SSSR count). The fourth-order valence-electron chi connectivity index (χ4n) is 2.32. The van der Waals surface area contributed by atoms with Crippen LogP contribution in [0.5, 0.6) is 0 Å². The van der Waals surface area contributed by atoms with Gasteiger partial charge in [0, 0.05) is 31.7 Å². The van der Waals surface area contributed by atoms with Crippen LogP contribution in [-0.4, -0.2) is 13.1 Å². The molecule has 1 aromatic carbocycles. The second kappa shape index (κ2) is 8.47. The lowest BCUT2D eigenvalue weighted by atomic mass is 9.95. The minimum atomic E-state index is 0.506. The zero-order chi connectivity index (χ0) is 15.2. The smallest absolute Gasteiger partial charge is 0.0285 e. The highest BCUT2D eigenvalue weighted by molar-refractivity contribution is 9.10. The lowest BCUT2D eigenvalue weighted by molar-refractivity contribution is 0.515. The summed E-state index contributed by atoms with van der Waals surface area (Å²) in [6.45, 7) is 6.58. The van der Waals surface area contributed by atoms with Crippen molar-refractivity contribution in [3.63, 3.8) is 0 Å². The van der Waals surface area contributed by atoms with Gasteiger partial charge in [-0.05, 0) is 58.6 Å². The number of rotatable bonds is 7. The Morgan fingerprint density at radius 1 is 1.10 bits per heavy atom. The van der Waals surface area contributed by atoms with Crippen molar-refractivity contribution >= 4 is 43.2 Å². The zero-order valence-corrected chi connectivity index (χ0v) is 16.4. The highest BCUT2D eigenvalue weighted by atomic mass is 79.9. The van der Waals surface area contributed by atoms with E-state index in [0.29, 0.717) is 11.8 Å². The Bertz CT molecular complexity index is 565. The Labute approximate surface area is 148 Å². The lowest BCUT2D eigenvalue weighted by Crippen LogP contribution is -2.26. The first-order valence-corrected chi connectivity index (χ1v) is 9.70. The van der Waals surface area contributed by atoms with Gasteiger partial charge in [-0.2, -0.15) is 0 Å². The van der Waals surface area contributed by atoms with E-state index in [-0.39, 0.29) is 0 Å². The first kappa shape index (κ1) is 17.2. The molecule has 0 spiro atoms. The molecule has 0 radical (unpaired) electrons. The highest BCUT2D eigenvalue weighted by Crippen LogP contribution is 2.28. The molecule has 4 heteroatoms. The largest absolute Gasteiger partial charge is 0.316 e. The summed E-state index contributed by atoms with van der Waals surface area (Å²) in [5.74, 6) is 1.19. The van der Waals surface area contributed by atoms with Gasteiger partial charge in [0.2, 0.25) is 0 Å². The average Bonchev–Trinajstić information content (AvgIpc) is 2.83. The minimum absolute atomic E-state index is 0.506. The van der Waals surface area contributed by atoms with E-state index in [1.807, 2.05) is 11.3 Å². The Morgan fingerprint density at radius 2 is 1.90 bits per heavy atom. The van der Waals surface area contributed by atoms with Crippen LogP contribution in [-0.2, 0) is 6.42 Å². The van der Waals surface area contributed by atoms with Crippen LogP contribution in [0.15, 0.2) is 44.7 Å². The summed E-state index contributed by atoms with van der Waals surface area (Å²) in [7, 11) is 0. The Kier molecular flexibility index (Phi) is 6.93. The maximum Gasteiger partial charge on any atom is 0.0285 e. The fourth-order valence-corrected chi connectivity index (χ4v) is 4.27. The first-order valence-electron chi connectivity index (χ1n) is 7.23. The standard InChI is InChI=1S/C17H21Br2NS/c1-12(2)9-20-10-14(7-17-8-16(19)11-21-17)13-4-3-5-15(18)6-13/h3-6,8,11-12,14,20H,7,9-10H2,1-2H3. The van der Waals surface area contributed by atoms with E-state index in [4.69, 9.17) is 0 Å². The van der Waals surface area contributed by atoms with Crippen LogP contribution in [0.1, 0.15) is 30.2 Å². The number of benzene rings is 1. The molecule has 1 atom stereocenters. The highest BCUT2D eigenvalue weighted by Gasteiger charge is 2.14. The molecule has 0 amide bonds. The minimum Gasteiger partial charge on any atom is -0.316 e. The molecule has 1 heterocycles. The van der Waals surface area contributed by atoms with Crippen molar-refractivity contribution in [2.45, 2.75) is 26.2 Å². The molecule has 2 aromatic rings. The van der Waals surface area contributed by atoms with Crippen molar-refractivity contribution in [2.75, 3.05) is 13.1 Å². The number of nitrogens with one attached hydrogen (secondary N) is 1. The molecule has 0 saturated carbocycles. The second-order valence-electron chi connectivity index (χ2n) is 5.74. The predicted octanol–water partition coefficient (Wildman–Crippen LogP) is 5.85. The topological polar surface area (TPSA) is 12.0 Å². The van der Waals surface area contributed by atoms with Crippen LogP contribution in [0.3, 0.4) is 0 Å². The van der Waals surface area contributed by atoms with Gasteiger partial charge in [0.05, 0.1) is 0 Å². The summed E-state index contributed by atoms with van der Waals surface area (Å²) in [5, 5.41) is 5.77. The predicted molar refractivity (Wildman–Crippen MR) is 100 cm³/mol. The second-order valence-corrected chi connectivity index (χ2v) is 8.57. The molecule has 0 saturated heterocycles. The molecule has 21 heavy (non-hydrogen) atoms. The SMILES string of the molecule is CC(C)CNCC(Cc1cc(Br)cs1)c1cccc(Br)c1. The van der Waals surface area contributed by atoms with Crippen LogP contribution in [0.2, 0.25) is 0 Å². The number of hydrogen-bond acceptors (Lipinski definition) is 2. The summed E-state index contributed by atoms with van der Waals surface area (Å²) in [6.07, 6.45) is 1.08. The Balaban J connectivity index is 2.09. The van der Waals surface area contributed by atoms with Crippen molar-refractivity contribution in [3.05, 3.63) is 55.1 Å². The molecule has 1 N–H and O–H groups in total. The molecular formula is C17H21Br2NS. The molecule has 114 valence electrons. The van der Waals surface area contributed by atoms with Crippen molar-refractivity contribution < 1.29 is 0 Å². The Hall–Kier alpha value is -0.160. The maximum absolute atomic E-state index is 3.61. The van der Waals surface area contributed by atoms with Crippen molar-refractivity contribution in [3.8, 4) is 0 Å². The molecule has 0 aliphatic carbocycles. The van der Waals surface area contributed by atoms with Crippen molar-refractivity contribution in [1.29, 1.82) is 0 Å². The van der Waals surface area contributed by atoms with E-state index in [1.165, 1.54) is 14.9 Å².